The predicted octanol–water partition coefficient (Wildman–Crippen LogP) is 2.68. The smallest absolute Gasteiger partial charge is 0.265 e. The Labute approximate surface area is 170 Å². The molecule has 0 atom stereocenters. The van der Waals surface area contributed by atoms with Gasteiger partial charge in [-0.15, -0.1) is 6.58 Å². The first-order valence-electron chi connectivity index (χ1n) is 7.54. The molecule has 1 heterocycles. The monoisotopic (exact) mass is 484 g/mol. The van der Waals surface area contributed by atoms with Crippen molar-refractivity contribution in [2.75, 3.05) is 20.3 Å². The van der Waals surface area contributed by atoms with E-state index in [1.54, 1.807) is 18.2 Å². The molecule has 2 rings (SSSR count). The number of halogens is 1. The summed E-state index contributed by atoms with van der Waals surface area (Å²) in [5, 5.41) is 2.58. The average Bonchev–Trinajstić information content (AvgIpc) is 2.60. The van der Waals surface area contributed by atoms with Crippen LogP contribution in [0.5, 0.6) is 11.5 Å². The van der Waals surface area contributed by atoms with Crippen LogP contribution in [0, 0.1) is 3.57 Å². The largest absolute Gasteiger partial charge is 0.493 e. The summed E-state index contributed by atoms with van der Waals surface area (Å²) in [5.41, 5.74) is 0.611. The third-order valence-corrected chi connectivity index (χ3v) is 4.53. The van der Waals surface area contributed by atoms with Crippen molar-refractivity contribution in [3.63, 3.8) is 0 Å². The lowest BCUT2D eigenvalue weighted by Crippen LogP contribution is -2.53. The number of rotatable bonds is 7. The standard InChI is InChI=1S/C18H17IN2O4S/c1-4-6-21-17(23)12(16(22)20-18(21)26)8-11-9-13(19)15(25-7-5-2)14(10-11)24-3/h4-5,8-10H,1-2,6-7H2,3H3,(H,20,22,26). The molecule has 1 aromatic rings. The van der Waals surface area contributed by atoms with Crippen LogP contribution >= 0.6 is 34.8 Å². The summed E-state index contributed by atoms with van der Waals surface area (Å²) in [6, 6.07) is 3.48. The molecule has 1 N–H and O–H groups in total. The molecule has 2 amide bonds. The van der Waals surface area contributed by atoms with Gasteiger partial charge in [-0.3, -0.25) is 19.8 Å². The zero-order valence-corrected chi connectivity index (χ0v) is 17.1. The number of benzene rings is 1. The van der Waals surface area contributed by atoms with Crippen molar-refractivity contribution in [2.45, 2.75) is 0 Å². The third kappa shape index (κ3) is 4.31. The van der Waals surface area contributed by atoms with Crippen LogP contribution < -0.4 is 14.8 Å². The van der Waals surface area contributed by atoms with E-state index in [-0.39, 0.29) is 17.2 Å². The molecule has 1 saturated heterocycles. The summed E-state index contributed by atoms with van der Waals surface area (Å²) in [5.74, 6) is 0.0534. The summed E-state index contributed by atoms with van der Waals surface area (Å²) < 4.78 is 11.7. The molecule has 1 aliphatic rings. The van der Waals surface area contributed by atoms with Crippen LogP contribution in [0.4, 0.5) is 0 Å². The van der Waals surface area contributed by atoms with E-state index in [1.165, 1.54) is 24.2 Å². The summed E-state index contributed by atoms with van der Waals surface area (Å²) >= 11 is 7.14. The number of thiocarbonyl (C=S) groups is 1. The van der Waals surface area contributed by atoms with Gasteiger partial charge in [0.05, 0.1) is 10.7 Å². The quantitative estimate of drug-likeness (QED) is 0.212. The number of ether oxygens (including phenoxy) is 2. The van der Waals surface area contributed by atoms with Crippen molar-refractivity contribution < 1.29 is 19.1 Å². The number of methoxy groups -OCH3 is 1. The fourth-order valence-corrected chi connectivity index (χ4v) is 3.29. The van der Waals surface area contributed by atoms with Crippen LogP contribution in [-0.2, 0) is 9.59 Å². The molecular weight excluding hydrogens is 467 g/mol. The molecule has 26 heavy (non-hydrogen) atoms. The lowest BCUT2D eigenvalue weighted by Gasteiger charge is -2.27. The molecule has 0 unspecified atom stereocenters. The SMILES string of the molecule is C=CCOc1c(I)cc(C=C2C(=O)NC(=S)N(CC=C)C2=O)cc1OC. The second-order valence-electron chi connectivity index (χ2n) is 5.16. The van der Waals surface area contributed by atoms with Gasteiger partial charge in [-0.1, -0.05) is 18.7 Å². The van der Waals surface area contributed by atoms with Crippen molar-refractivity contribution in [3.05, 3.63) is 52.1 Å². The van der Waals surface area contributed by atoms with Crippen molar-refractivity contribution in [2.24, 2.45) is 0 Å². The Balaban J connectivity index is 2.44. The molecule has 0 saturated carbocycles. The number of amides is 2. The Kier molecular flexibility index (Phi) is 6.92. The number of nitrogens with zero attached hydrogens (tertiary/aromatic N) is 1. The maximum atomic E-state index is 12.6. The Morgan fingerprint density at radius 3 is 2.65 bits per heavy atom. The number of hydrogen-bond donors (Lipinski definition) is 1. The molecule has 1 aromatic carbocycles. The van der Waals surface area contributed by atoms with Gasteiger partial charge >= 0.3 is 0 Å². The summed E-state index contributed by atoms with van der Waals surface area (Å²) in [4.78, 5) is 26.1. The zero-order valence-electron chi connectivity index (χ0n) is 14.1. The molecule has 0 aromatic heterocycles. The first-order valence-corrected chi connectivity index (χ1v) is 9.02. The molecule has 0 bridgehead atoms. The van der Waals surface area contributed by atoms with Crippen LogP contribution in [0.2, 0.25) is 0 Å². The van der Waals surface area contributed by atoms with Gasteiger partial charge in [0.2, 0.25) is 0 Å². The fraction of sp³-hybridized carbons (Fsp3) is 0.167. The van der Waals surface area contributed by atoms with Gasteiger partial charge in [0.25, 0.3) is 11.8 Å². The van der Waals surface area contributed by atoms with Gasteiger partial charge in [-0.05, 0) is 58.6 Å². The average molecular weight is 484 g/mol. The second-order valence-corrected chi connectivity index (χ2v) is 6.70. The minimum absolute atomic E-state index is 0.0157. The number of carbonyl (C=O) groups excluding carboxylic acids is 2. The van der Waals surface area contributed by atoms with E-state index in [1.807, 2.05) is 0 Å². The Bertz CT molecular complexity index is 820. The van der Waals surface area contributed by atoms with E-state index in [0.717, 1.165) is 3.57 Å². The molecule has 8 heteroatoms. The lowest BCUT2D eigenvalue weighted by molar-refractivity contribution is -0.128. The van der Waals surface area contributed by atoms with Crippen LogP contribution in [0.3, 0.4) is 0 Å². The van der Waals surface area contributed by atoms with Crippen LogP contribution in [-0.4, -0.2) is 42.1 Å². The number of hydrogen-bond acceptors (Lipinski definition) is 5. The summed E-state index contributed by atoms with van der Waals surface area (Å²) in [6.07, 6.45) is 4.67. The summed E-state index contributed by atoms with van der Waals surface area (Å²) in [7, 11) is 1.52. The molecule has 136 valence electrons. The fourth-order valence-electron chi connectivity index (χ4n) is 2.26. The Hall–Kier alpha value is -2.20. The maximum absolute atomic E-state index is 12.6. The highest BCUT2D eigenvalue weighted by atomic mass is 127. The Morgan fingerprint density at radius 1 is 1.31 bits per heavy atom. The van der Waals surface area contributed by atoms with Crippen molar-refractivity contribution in [1.29, 1.82) is 0 Å². The van der Waals surface area contributed by atoms with Crippen LogP contribution in [0.15, 0.2) is 43.0 Å². The molecule has 1 aliphatic heterocycles. The van der Waals surface area contributed by atoms with E-state index < -0.39 is 11.8 Å². The molecule has 1 fully saturated rings. The number of nitrogens with one attached hydrogen (secondary N) is 1. The van der Waals surface area contributed by atoms with E-state index in [9.17, 15) is 9.59 Å². The molecule has 0 aliphatic carbocycles. The molecule has 6 nitrogen and oxygen atoms in total. The van der Waals surface area contributed by atoms with Crippen molar-refractivity contribution in [3.8, 4) is 11.5 Å². The zero-order chi connectivity index (χ0) is 19.3. The van der Waals surface area contributed by atoms with Gasteiger partial charge in [0.15, 0.2) is 16.6 Å². The highest BCUT2D eigenvalue weighted by molar-refractivity contribution is 14.1. The number of carbonyl (C=O) groups is 2. The van der Waals surface area contributed by atoms with Crippen LogP contribution in [0.25, 0.3) is 6.08 Å². The highest BCUT2D eigenvalue weighted by Crippen LogP contribution is 2.34. The predicted molar refractivity (Wildman–Crippen MR) is 112 cm³/mol. The highest BCUT2D eigenvalue weighted by Gasteiger charge is 2.32. The molecule has 0 radical (unpaired) electrons. The van der Waals surface area contributed by atoms with E-state index >= 15 is 0 Å². The molecular formula is C18H17IN2O4S. The summed E-state index contributed by atoms with van der Waals surface area (Å²) in [6.45, 7) is 7.76. The molecule has 0 spiro atoms. The van der Waals surface area contributed by atoms with E-state index in [4.69, 9.17) is 21.7 Å². The first kappa shape index (κ1) is 20.1. The maximum Gasteiger partial charge on any atom is 0.265 e. The first-order chi connectivity index (χ1) is 12.4. The van der Waals surface area contributed by atoms with Crippen molar-refractivity contribution >= 4 is 57.8 Å². The minimum atomic E-state index is -0.540. The lowest BCUT2D eigenvalue weighted by atomic mass is 10.1. The minimum Gasteiger partial charge on any atom is -0.493 e. The van der Waals surface area contributed by atoms with E-state index in [0.29, 0.717) is 23.7 Å². The van der Waals surface area contributed by atoms with Gasteiger partial charge in [0, 0.05) is 6.54 Å². The van der Waals surface area contributed by atoms with Crippen molar-refractivity contribution in [1.82, 2.24) is 10.2 Å². The van der Waals surface area contributed by atoms with E-state index in [2.05, 4.69) is 41.1 Å². The van der Waals surface area contributed by atoms with Gasteiger partial charge in [-0.2, -0.15) is 0 Å². The van der Waals surface area contributed by atoms with Gasteiger partial charge < -0.3 is 9.47 Å². The second kappa shape index (κ2) is 8.95. The normalized spacial score (nSPS) is 15.7. The third-order valence-electron chi connectivity index (χ3n) is 3.41. The van der Waals surface area contributed by atoms with Crippen LogP contribution in [0.1, 0.15) is 5.56 Å². The van der Waals surface area contributed by atoms with Gasteiger partial charge in [0.1, 0.15) is 12.2 Å². The van der Waals surface area contributed by atoms with Gasteiger partial charge in [-0.25, -0.2) is 0 Å². The topological polar surface area (TPSA) is 67.9 Å². The Morgan fingerprint density at radius 2 is 2.04 bits per heavy atom.